The molecule has 1 aliphatic carbocycles. The number of rotatable bonds is 3. The van der Waals surface area contributed by atoms with E-state index >= 15 is 0 Å². The molecule has 0 amide bonds. The van der Waals surface area contributed by atoms with Crippen LogP contribution in [0.4, 0.5) is 0 Å². The number of imidazole rings is 1. The largest absolute Gasteiger partial charge is 0.455 e. The lowest BCUT2D eigenvalue weighted by atomic mass is 9.98. The van der Waals surface area contributed by atoms with Gasteiger partial charge in [0.05, 0.1) is 16.8 Å². The first kappa shape index (κ1) is 22.5. The number of fused-ring (bicyclic) bond motifs is 8. The molecular formula is C37H24N2O2. The summed E-state index contributed by atoms with van der Waals surface area (Å²) in [6, 6.07) is 37.9. The van der Waals surface area contributed by atoms with Crippen molar-refractivity contribution in [2.45, 2.75) is 12.8 Å². The molecule has 3 aromatic heterocycles. The Morgan fingerprint density at radius 1 is 0.634 bits per heavy atom. The molecule has 0 saturated heterocycles. The highest BCUT2D eigenvalue weighted by molar-refractivity contribution is 6.25. The Morgan fingerprint density at radius 3 is 2.17 bits per heavy atom. The van der Waals surface area contributed by atoms with Gasteiger partial charge in [-0.05, 0) is 54.8 Å². The van der Waals surface area contributed by atoms with Crippen LogP contribution in [-0.2, 0) is 6.42 Å². The van der Waals surface area contributed by atoms with E-state index in [1.807, 2.05) is 30.3 Å². The van der Waals surface area contributed by atoms with E-state index in [4.69, 9.17) is 13.8 Å². The van der Waals surface area contributed by atoms with Crippen LogP contribution in [0.25, 0.3) is 78.2 Å². The quantitative estimate of drug-likeness (QED) is 0.229. The summed E-state index contributed by atoms with van der Waals surface area (Å²) in [5, 5.41) is 4.29. The van der Waals surface area contributed by atoms with Crippen molar-refractivity contribution < 1.29 is 8.83 Å². The van der Waals surface area contributed by atoms with Gasteiger partial charge in [-0.2, -0.15) is 0 Å². The van der Waals surface area contributed by atoms with Crippen LogP contribution >= 0.6 is 0 Å². The highest BCUT2D eigenvalue weighted by Gasteiger charge is 2.22. The van der Waals surface area contributed by atoms with Crippen LogP contribution in [-0.4, -0.2) is 9.55 Å². The number of hydrogen-bond acceptors (Lipinski definition) is 3. The third-order valence-corrected chi connectivity index (χ3v) is 8.27. The average molecular weight is 529 g/mol. The molecule has 8 aromatic rings. The van der Waals surface area contributed by atoms with Crippen molar-refractivity contribution in [2.24, 2.45) is 0 Å². The van der Waals surface area contributed by atoms with Crippen molar-refractivity contribution in [1.82, 2.24) is 9.55 Å². The minimum atomic E-state index is 0.846. The van der Waals surface area contributed by atoms with Gasteiger partial charge in [0, 0.05) is 33.0 Å². The van der Waals surface area contributed by atoms with Gasteiger partial charge in [-0.25, -0.2) is 4.98 Å². The first-order valence-corrected chi connectivity index (χ1v) is 14.0. The van der Waals surface area contributed by atoms with Crippen LogP contribution in [0.2, 0.25) is 0 Å². The SMILES string of the molecule is C1=Cc2c(nc(-c3ccccc3)n2-c2ccc(-c3cc4c5ccccc5oc4c4c3oc3ccccc34)cc2)CC1. The first-order valence-electron chi connectivity index (χ1n) is 14.0. The zero-order valence-corrected chi connectivity index (χ0v) is 22.2. The number of nitrogens with zero attached hydrogens (tertiary/aromatic N) is 2. The van der Waals surface area contributed by atoms with E-state index in [2.05, 4.69) is 95.6 Å². The smallest absolute Gasteiger partial charge is 0.147 e. The van der Waals surface area contributed by atoms with Gasteiger partial charge in [0.1, 0.15) is 28.2 Å². The molecule has 9 rings (SSSR count). The Morgan fingerprint density at radius 2 is 1.34 bits per heavy atom. The van der Waals surface area contributed by atoms with Gasteiger partial charge in [0.25, 0.3) is 0 Å². The van der Waals surface area contributed by atoms with Crippen molar-refractivity contribution in [3.8, 4) is 28.2 Å². The molecule has 3 heterocycles. The van der Waals surface area contributed by atoms with Gasteiger partial charge < -0.3 is 8.83 Å². The van der Waals surface area contributed by atoms with E-state index in [1.165, 1.54) is 0 Å². The van der Waals surface area contributed by atoms with Crippen molar-refractivity contribution in [3.63, 3.8) is 0 Å². The van der Waals surface area contributed by atoms with Gasteiger partial charge >= 0.3 is 0 Å². The number of aromatic nitrogens is 2. The summed E-state index contributed by atoms with van der Waals surface area (Å²) in [5.74, 6) is 0.973. The van der Waals surface area contributed by atoms with Gasteiger partial charge in [-0.3, -0.25) is 4.57 Å². The molecule has 0 spiro atoms. The maximum absolute atomic E-state index is 6.51. The molecule has 0 bridgehead atoms. The van der Waals surface area contributed by atoms with Crippen molar-refractivity contribution >= 4 is 50.0 Å². The predicted octanol–water partition coefficient (Wildman–Crippen LogP) is 9.96. The summed E-state index contributed by atoms with van der Waals surface area (Å²) in [4.78, 5) is 5.09. The number of hydrogen-bond donors (Lipinski definition) is 0. The van der Waals surface area contributed by atoms with Crippen molar-refractivity contribution in [2.75, 3.05) is 0 Å². The fourth-order valence-corrected chi connectivity index (χ4v) is 6.36. The summed E-state index contributed by atoms with van der Waals surface area (Å²) in [6.07, 6.45) is 6.43. The highest BCUT2D eigenvalue weighted by atomic mass is 16.3. The molecule has 1 aliphatic rings. The molecule has 0 radical (unpaired) electrons. The van der Waals surface area contributed by atoms with Crippen LogP contribution in [0, 0.1) is 0 Å². The zero-order chi connectivity index (χ0) is 26.9. The van der Waals surface area contributed by atoms with E-state index in [-0.39, 0.29) is 0 Å². The Bertz CT molecular complexity index is 2300. The second-order valence-electron chi connectivity index (χ2n) is 10.7. The Kier molecular flexibility index (Phi) is 4.70. The van der Waals surface area contributed by atoms with Gasteiger partial charge in [0.2, 0.25) is 0 Å². The number of furan rings is 2. The molecule has 0 N–H and O–H groups in total. The van der Waals surface area contributed by atoms with E-state index in [0.29, 0.717) is 0 Å². The lowest BCUT2D eigenvalue weighted by Crippen LogP contribution is -2.02. The molecule has 4 nitrogen and oxygen atoms in total. The minimum Gasteiger partial charge on any atom is -0.455 e. The lowest BCUT2D eigenvalue weighted by Gasteiger charge is -2.13. The van der Waals surface area contributed by atoms with E-state index in [9.17, 15) is 0 Å². The number of aryl methyl sites for hydroxylation is 1. The summed E-state index contributed by atoms with van der Waals surface area (Å²) < 4.78 is 15.2. The van der Waals surface area contributed by atoms with Crippen molar-refractivity contribution in [1.29, 1.82) is 0 Å². The summed E-state index contributed by atoms with van der Waals surface area (Å²) >= 11 is 0. The highest BCUT2D eigenvalue weighted by Crippen LogP contribution is 2.44. The Labute approximate surface area is 235 Å². The minimum absolute atomic E-state index is 0.846. The van der Waals surface area contributed by atoms with Crippen LogP contribution in [0.1, 0.15) is 17.8 Å². The topological polar surface area (TPSA) is 44.1 Å². The first-order chi connectivity index (χ1) is 20.3. The monoisotopic (exact) mass is 528 g/mol. The van der Waals surface area contributed by atoms with E-state index in [1.54, 1.807) is 0 Å². The molecule has 0 unspecified atom stereocenters. The molecule has 4 heteroatoms. The van der Waals surface area contributed by atoms with E-state index < -0.39 is 0 Å². The maximum Gasteiger partial charge on any atom is 0.147 e. The molecular weight excluding hydrogens is 504 g/mol. The zero-order valence-electron chi connectivity index (χ0n) is 22.2. The normalized spacial score (nSPS) is 13.1. The fraction of sp³-hybridized carbons (Fsp3) is 0.0541. The standard InChI is InChI=1S/C37H24N2O2/c1-2-10-24(11-3-1)37-38-30-14-6-7-15-31(30)39(37)25-20-18-23(19-21-25)28-22-29-26-12-4-8-16-32(26)40-36(29)34-27-13-5-9-17-33(27)41-35(28)34/h1-5,7-13,15-22H,6,14H2. The molecule has 194 valence electrons. The van der Waals surface area contributed by atoms with Crippen LogP contribution < -0.4 is 0 Å². The average Bonchev–Trinajstić information content (AvgIpc) is 3.72. The second kappa shape index (κ2) is 8.57. The lowest BCUT2D eigenvalue weighted by molar-refractivity contribution is 0.663. The maximum atomic E-state index is 6.51. The Balaban J connectivity index is 1.27. The number of para-hydroxylation sites is 2. The molecule has 0 atom stereocenters. The molecule has 5 aromatic carbocycles. The number of allylic oxidation sites excluding steroid dienone is 1. The number of benzene rings is 5. The van der Waals surface area contributed by atoms with Gasteiger partial charge in [-0.1, -0.05) is 84.9 Å². The van der Waals surface area contributed by atoms with Crippen LogP contribution in [0.3, 0.4) is 0 Å². The van der Waals surface area contributed by atoms with Gasteiger partial charge in [-0.15, -0.1) is 0 Å². The van der Waals surface area contributed by atoms with Crippen molar-refractivity contribution in [3.05, 3.63) is 127 Å². The fourth-order valence-electron chi connectivity index (χ4n) is 6.36. The van der Waals surface area contributed by atoms with Crippen LogP contribution in [0.5, 0.6) is 0 Å². The third kappa shape index (κ3) is 3.31. The summed E-state index contributed by atoms with van der Waals surface area (Å²) in [6.45, 7) is 0. The molecule has 41 heavy (non-hydrogen) atoms. The molecule has 0 saturated carbocycles. The van der Waals surface area contributed by atoms with Gasteiger partial charge in [0.15, 0.2) is 0 Å². The third-order valence-electron chi connectivity index (χ3n) is 8.27. The molecule has 0 aliphatic heterocycles. The second-order valence-corrected chi connectivity index (χ2v) is 10.7. The summed E-state index contributed by atoms with van der Waals surface area (Å²) in [7, 11) is 0. The molecule has 0 fully saturated rings. The predicted molar refractivity (Wildman–Crippen MR) is 166 cm³/mol. The Hall–Kier alpha value is -5.35. The van der Waals surface area contributed by atoms with Crippen LogP contribution in [0.15, 0.2) is 124 Å². The summed E-state index contributed by atoms with van der Waals surface area (Å²) in [5.41, 5.74) is 10.1. The van der Waals surface area contributed by atoms with E-state index in [0.717, 1.165) is 96.3 Å².